The summed E-state index contributed by atoms with van der Waals surface area (Å²) in [7, 11) is 15.0. The summed E-state index contributed by atoms with van der Waals surface area (Å²) in [6.45, 7) is 17.4. The van der Waals surface area contributed by atoms with Crippen molar-refractivity contribution in [1.82, 2.24) is 4.72 Å². The normalized spacial score (nSPS) is 16.3. The average Bonchev–Trinajstić information content (AvgIpc) is 1.92. The second kappa shape index (κ2) is 8.33. The van der Waals surface area contributed by atoms with Crippen molar-refractivity contribution in [2.24, 2.45) is 0 Å². The molecule has 106 valence electrons. The number of hydrogen-bond donors (Lipinski definition) is 0. The zero-order valence-corrected chi connectivity index (χ0v) is 17.5. The van der Waals surface area contributed by atoms with Crippen LogP contribution >= 0.6 is 25.5 Å². The van der Waals surface area contributed by atoms with Crippen LogP contribution in [0, 0.1) is 13.6 Å². The monoisotopic (exact) mass is 388 g/mol. The van der Waals surface area contributed by atoms with E-state index in [9.17, 15) is 0 Å². The van der Waals surface area contributed by atoms with Gasteiger partial charge in [0.05, 0.1) is 0 Å². The van der Waals surface area contributed by atoms with Crippen LogP contribution in [0.15, 0.2) is 0 Å². The van der Waals surface area contributed by atoms with Gasteiger partial charge in [-0.15, -0.1) is 0 Å². The molecule has 0 bridgehead atoms. The van der Waals surface area contributed by atoms with E-state index in [-0.39, 0.29) is 7.43 Å². The van der Waals surface area contributed by atoms with E-state index >= 15 is 0 Å². The molecule has 1 aliphatic heterocycles. The van der Waals surface area contributed by atoms with Gasteiger partial charge in [-0.25, -0.2) is 0 Å². The summed E-state index contributed by atoms with van der Waals surface area (Å²) in [5, 5.41) is 0.375. The van der Waals surface area contributed by atoms with Crippen molar-refractivity contribution in [2.45, 2.75) is 59.2 Å². The first-order valence-electron chi connectivity index (χ1n) is 5.84. The number of halogens is 3. The standard InChI is InChI=1S/C10H22B2N.CH3.3ClH.Zr/c1-9(2,3)12-8-11(7)13(12)10(4,5)6;;;;;/h8H,1-7H3;1H3;3*1H;/q;-1;;;;+3/p-3. The Bertz CT molecular complexity index is 239. The summed E-state index contributed by atoms with van der Waals surface area (Å²) in [6, 6.07) is 0. The molecule has 0 aromatic heterocycles. The Labute approximate surface area is 134 Å². The van der Waals surface area contributed by atoms with Gasteiger partial charge in [0, 0.05) is 0 Å². The second-order valence-corrected chi connectivity index (χ2v) is 17.7. The third-order valence-corrected chi connectivity index (χ3v) is 2.86. The molecule has 0 saturated carbocycles. The van der Waals surface area contributed by atoms with Crippen LogP contribution in [0.3, 0.4) is 0 Å². The van der Waals surface area contributed by atoms with Crippen LogP contribution in [-0.4, -0.2) is 24.0 Å². The van der Waals surface area contributed by atoms with Gasteiger partial charge in [0.25, 0.3) is 0 Å². The van der Waals surface area contributed by atoms with Crippen molar-refractivity contribution in [2.75, 3.05) is 0 Å². The molecule has 0 unspecified atom stereocenters. The summed E-state index contributed by atoms with van der Waals surface area (Å²) in [4.78, 5) is 0. The van der Waals surface area contributed by atoms with Crippen molar-refractivity contribution in [3.63, 3.8) is 0 Å². The van der Waals surface area contributed by atoms with Gasteiger partial charge in [-0.3, -0.25) is 0 Å². The summed E-state index contributed by atoms with van der Waals surface area (Å²) in [5.74, 6) is 0. The van der Waals surface area contributed by atoms with Gasteiger partial charge < -0.3 is 12.1 Å². The molecule has 1 saturated heterocycles. The van der Waals surface area contributed by atoms with E-state index in [2.05, 4.69) is 59.3 Å². The van der Waals surface area contributed by atoms with Gasteiger partial charge in [-0.05, 0) is 31.6 Å². The topological polar surface area (TPSA) is 3.24 Å². The molecular weight excluding hydrogens is 365 g/mol. The SMILES string of the molecule is CB1[CH]B(C(C)(C)C)N1C(C)(C)C.[CH3-].[Cl][Zr]([Cl])[Cl]. The van der Waals surface area contributed by atoms with Crippen LogP contribution in [-0.2, 0) is 18.2 Å². The Kier molecular flexibility index (Phi) is 10.2. The zero-order valence-electron chi connectivity index (χ0n) is 12.8. The van der Waals surface area contributed by atoms with Gasteiger partial charge in [-0.1, -0.05) is 33.8 Å². The van der Waals surface area contributed by atoms with Crippen molar-refractivity contribution < 1.29 is 18.2 Å². The summed E-state index contributed by atoms with van der Waals surface area (Å²) in [5.41, 5.74) is 0.298. The predicted molar refractivity (Wildman–Crippen MR) is 87.0 cm³/mol. The van der Waals surface area contributed by atoms with Crippen molar-refractivity contribution in [3.05, 3.63) is 13.6 Å². The van der Waals surface area contributed by atoms with Crippen LogP contribution in [0.2, 0.25) is 12.1 Å². The fourth-order valence-corrected chi connectivity index (χ4v) is 2.34. The average molecular weight is 391 g/mol. The van der Waals surface area contributed by atoms with Crippen molar-refractivity contribution >= 4 is 39.2 Å². The third-order valence-electron chi connectivity index (χ3n) is 2.86. The molecule has 1 fully saturated rings. The summed E-state index contributed by atoms with van der Waals surface area (Å²) in [6.07, 6.45) is 2.46. The molecule has 18 heavy (non-hydrogen) atoms. The van der Waals surface area contributed by atoms with Gasteiger partial charge in [0.1, 0.15) is 0 Å². The molecule has 0 spiro atoms. The van der Waals surface area contributed by atoms with Crippen molar-refractivity contribution in [3.8, 4) is 0 Å². The molecule has 0 N–H and O–H groups in total. The molecule has 0 aliphatic carbocycles. The van der Waals surface area contributed by atoms with Crippen LogP contribution in [0.1, 0.15) is 41.5 Å². The van der Waals surface area contributed by atoms with Crippen LogP contribution < -0.4 is 0 Å². The Morgan fingerprint density at radius 2 is 1.33 bits per heavy atom. The van der Waals surface area contributed by atoms with Gasteiger partial charge in [0.15, 0.2) is 0 Å². The minimum atomic E-state index is -2.13. The molecule has 1 radical (unpaired) electrons. The molecule has 0 atom stereocenters. The summed E-state index contributed by atoms with van der Waals surface area (Å²) < 4.78 is 2.60. The van der Waals surface area contributed by atoms with E-state index in [1.54, 1.807) is 0 Å². The predicted octanol–water partition coefficient (Wildman–Crippen LogP) is 5.31. The fourth-order valence-electron chi connectivity index (χ4n) is 2.34. The van der Waals surface area contributed by atoms with Crippen LogP contribution in [0.4, 0.5) is 0 Å². The van der Waals surface area contributed by atoms with Gasteiger partial charge in [-0.2, -0.15) is 0 Å². The molecule has 1 aliphatic rings. The Morgan fingerprint density at radius 3 is 1.44 bits per heavy atom. The third kappa shape index (κ3) is 7.58. The number of rotatable bonds is 0. The minimum absolute atomic E-state index is 0. The molecule has 0 aromatic carbocycles. The van der Waals surface area contributed by atoms with Crippen molar-refractivity contribution in [1.29, 1.82) is 0 Å². The molecule has 1 heterocycles. The number of hydrogen-bond acceptors (Lipinski definition) is 1. The summed E-state index contributed by atoms with van der Waals surface area (Å²) >= 11 is -2.13. The molecule has 0 aromatic rings. The first-order chi connectivity index (χ1) is 7.37. The van der Waals surface area contributed by atoms with E-state index in [4.69, 9.17) is 25.5 Å². The van der Waals surface area contributed by atoms with E-state index in [0.717, 1.165) is 0 Å². The van der Waals surface area contributed by atoms with Gasteiger partial charge in [0.2, 0.25) is 13.7 Å². The first kappa shape index (κ1) is 22.1. The van der Waals surface area contributed by atoms with Gasteiger partial charge >= 0.3 is 43.7 Å². The fraction of sp³-hybridized carbons (Fsp3) is 0.818. The van der Waals surface area contributed by atoms with E-state index in [1.165, 1.54) is 0 Å². The molecule has 0 amide bonds. The molecule has 1 rings (SSSR count). The maximum atomic E-state index is 5.00. The number of nitrogens with zero attached hydrogens (tertiary/aromatic N) is 1. The van der Waals surface area contributed by atoms with Crippen LogP contribution in [0.25, 0.3) is 0 Å². The molecular formula is C11H25B2Cl3NZr-. The molecule has 7 heteroatoms. The quantitative estimate of drug-likeness (QED) is 0.400. The Morgan fingerprint density at radius 1 is 1.00 bits per heavy atom. The maximum absolute atomic E-state index is 5.00. The van der Waals surface area contributed by atoms with E-state index in [1.807, 2.05) is 0 Å². The Balaban J connectivity index is 0. The van der Waals surface area contributed by atoms with E-state index < -0.39 is 18.2 Å². The first-order valence-corrected chi connectivity index (χ1v) is 15.3. The van der Waals surface area contributed by atoms with E-state index in [0.29, 0.717) is 24.5 Å². The Hall–Kier alpha value is 1.84. The van der Waals surface area contributed by atoms with Crippen LogP contribution in [0.5, 0.6) is 0 Å². The zero-order chi connectivity index (χ0) is 14.0. The second-order valence-electron chi connectivity index (χ2n) is 6.54. The molecule has 1 nitrogen and oxygen atoms in total.